The molecule has 0 aliphatic rings. The highest BCUT2D eigenvalue weighted by atomic mass is 19.4. The molecule has 2 N–H and O–H groups in total. The van der Waals surface area contributed by atoms with Crippen LogP contribution in [0.4, 0.5) is 57.0 Å². The molecule has 0 aliphatic carbocycles. The van der Waals surface area contributed by atoms with E-state index in [1.807, 2.05) is 0 Å². The van der Waals surface area contributed by atoms with Gasteiger partial charge in [0, 0.05) is 11.8 Å². The minimum absolute atomic E-state index is 0.178. The summed E-state index contributed by atoms with van der Waals surface area (Å²) < 4.78 is 119. The van der Waals surface area contributed by atoms with Crippen molar-refractivity contribution in [2.75, 3.05) is 10.7 Å². The summed E-state index contributed by atoms with van der Waals surface area (Å²) in [6.07, 6.45) is -13.4. The summed E-state index contributed by atoms with van der Waals surface area (Å²) >= 11 is 0. The van der Waals surface area contributed by atoms with Crippen LogP contribution in [0.2, 0.25) is 0 Å². The third-order valence-electron chi connectivity index (χ3n) is 3.97. The lowest BCUT2D eigenvalue weighted by molar-refractivity contribution is -0.274. The first-order valence-electron chi connectivity index (χ1n) is 9.24. The smallest absolute Gasteiger partial charge is 0.406 e. The van der Waals surface area contributed by atoms with Crippen molar-refractivity contribution in [3.63, 3.8) is 0 Å². The Morgan fingerprint density at radius 2 is 1.49 bits per heavy atom. The molecule has 3 rings (SSSR count). The number of hydrogen-bond acceptors (Lipinski definition) is 6. The van der Waals surface area contributed by atoms with E-state index in [2.05, 4.69) is 30.5 Å². The number of rotatable bonds is 6. The SMILES string of the molecule is FC(F)(F)Oc1ccc(/C=N/Nc2nc(Nc3cccc(C(F)(F)F)c3)cc(C(F)(F)F)n2)cc1. The Morgan fingerprint density at radius 3 is 2.09 bits per heavy atom. The van der Waals surface area contributed by atoms with Gasteiger partial charge in [-0.15, -0.1) is 13.2 Å². The topological polar surface area (TPSA) is 71.4 Å². The van der Waals surface area contributed by atoms with E-state index in [9.17, 15) is 39.5 Å². The molecule has 0 radical (unpaired) electrons. The first-order chi connectivity index (χ1) is 16.2. The van der Waals surface area contributed by atoms with Crippen molar-refractivity contribution in [1.29, 1.82) is 0 Å². The molecule has 6 nitrogen and oxygen atoms in total. The van der Waals surface area contributed by atoms with Crippen LogP contribution in [0, 0.1) is 0 Å². The number of benzene rings is 2. The van der Waals surface area contributed by atoms with Crippen LogP contribution in [0.25, 0.3) is 0 Å². The second-order valence-electron chi connectivity index (χ2n) is 6.65. The van der Waals surface area contributed by atoms with E-state index in [-0.39, 0.29) is 11.3 Å². The number of hydrogen-bond donors (Lipinski definition) is 2. The fourth-order valence-electron chi connectivity index (χ4n) is 2.55. The van der Waals surface area contributed by atoms with Crippen molar-refractivity contribution in [2.24, 2.45) is 5.10 Å². The monoisotopic (exact) mass is 509 g/mol. The number of halogens is 9. The van der Waals surface area contributed by atoms with Crippen LogP contribution in [-0.4, -0.2) is 22.5 Å². The van der Waals surface area contributed by atoms with Crippen LogP contribution >= 0.6 is 0 Å². The quantitative estimate of drug-likeness (QED) is 0.223. The second kappa shape index (κ2) is 9.68. The van der Waals surface area contributed by atoms with Gasteiger partial charge in [0.05, 0.1) is 11.8 Å². The van der Waals surface area contributed by atoms with E-state index in [0.29, 0.717) is 12.1 Å². The van der Waals surface area contributed by atoms with Crippen LogP contribution < -0.4 is 15.5 Å². The van der Waals surface area contributed by atoms with Gasteiger partial charge < -0.3 is 10.1 Å². The molecule has 0 atom stereocenters. The normalized spacial score (nSPS) is 12.6. The highest BCUT2D eigenvalue weighted by Gasteiger charge is 2.34. The van der Waals surface area contributed by atoms with Crippen molar-refractivity contribution >= 4 is 23.7 Å². The highest BCUT2D eigenvalue weighted by Crippen LogP contribution is 2.33. The van der Waals surface area contributed by atoms with E-state index in [1.165, 1.54) is 18.2 Å². The molecule has 0 unspecified atom stereocenters. The van der Waals surface area contributed by atoms with Gasteiger partial charge in [-0.25, -0.2) is 10.4 Å². The van der Waals surface area contributed by atoms with Gasteiger partial charge in [0.1, 0.15) is 11.6 Å². The van der Waals surface area contributed by atoms with E-state index in [0.717, 1.165) is 30.5 Å². The molecule has 186 valence electrons. The van der Waals surface area contributed by atoms with Crippen molar-refractivity contribution < 1.29 is 44.3 Å². The third-order valence-corrected chi connectivity index (χ3v) is 3.97. The first-order valence-corrected chi connectivity index (χ1v) is 9.24. The fourth-order valence-corrected chi connectivity index (χ4v) is 2.55. The summed E-state index contributed by atoms with van der Waals surface area (Å²) in [6.45, 7) is 0. The van der Waals surface area contributed by atoms with Crippen molar-refractivity contribution in [1.82, 2.24) is 9.97 Å². The van der Waals surface area contributed by atoms with Crippen molar-refractivity contribution in [2.45, 2.75) is 18.7 Å². The van der Waals surface area contributed by atoms with E-state index in [1.54, 1.807) is 0 Å². The summed E-state index contributed by atoms with van der Waals surface area (Å²) in [7, 11) is 0. The number of aromatic nitrogens is 2. The Hall–Kier alpha value is -4.04. The van der Waals surface area contributed by atoms with E-state index in [4.69, 9.17) is 0 Å². The average Bonchev–Trinajstić information content (AvgIpc) is 2.73. The zero-order valence-electron chi connectivity index (χ0n) is 16.9. The summed E-state index contributed by atoms with van der Waals surface area (Å²) in [4.78, 5) is 7.01. The minimum atomic E-state index is -4.92. The number of nitrogens with zero attached hydrogens (tertiary/aromatic N) is 3. The van der Waals surface area contributed by atoms with Gasteiger partial charge >= 0.3 is 18.7 Å². The molecule has 0 spiro atoms. The first kappa shape index (κ1) is 25.6. The number of alkyl halides is 9. The molecule has 0 saturated carbocycles. The zero-order valence-corrected chi connectivity index (χ0v) is 16.9. The molecule has 0 aliphatic heterocycles. The zero-order chi connectivity index (χ0) is 25.9. The Balaban J connectivity index is 1.79. The molecule has 1 aromatic heterocycles. The summed E-state index contributed by atoms with van der Waals surface area (Å²) in [6, 6.07) is 8.60. The maximum absolute atomic E-state index is 13.2. The summed E-state index contributed by atoms with van der Waals surface area (Å²) in [5, 5.41) is 5.98. The average molecular weight is 509 g/mol. The molecule has 15 heteroatoms. The Labute approximate surface area is 190 Å². The summed E-state index contributed by atoms with van der Waals surface area (Å²) in [5.74, 6) is -1.62. The third kappa shape index (κ3) is 7.75. The van der Waals surface area contributed by atoms with Crippen molar-refractivity contribution in [3.8, 4) is 5.75 Å². The van der Waals surface area contributed by atoms with Crippen LogP contribution in [0.1, 0.15) is 16.8 Å². The number of nitrogens with one attached hydrogen (secondary N) is 2. The standard InChI is InChI=1S/C20H12F9N5O/c21-18(22,23)12-2-1-3-13(8-12)31-16-9-15(19(24,25)26)32-17(33-16)34-30-10-11-4-6-14(7-5-11)35-20(27,28)29/h1-10H,(H2,31,32,33,34)/b30-10+. The number of anilines is 3. The minimum Gasteiger partial charge on any atom is -0.406 e. The van der Waals surface area contributed by atoms with Crippen LogP contribution in [0.15, 0.2) is 59.7 Å². The van der Waals surface area contributed by atoms with Gasteiger partial charge in [0.25, 0.3) is 0 Å². The largest absolute Gasteiger partial charge is 0.573 e. The molecule has 3 aromatic rings. The van der Waals surface area contributed by atoms with Gasteiger partial charge in [0.15, 0.2) is 5.69 Å². The van der Waals surface area contributed by atoms with Crippen LogP contribution in [0.5, 0.6) is 5.75 Å². The molecule has 1 heterocycles. The lowest BCUT2D eigenvalue weighted by Gasteiger charge is -2.13. The van der Waals surface area contributed by atoms with Gasteiger partial charge in [-0.3, -0.25) is 0 Å². The predicted molar refractivity (Wildman–Crippen MR) is 106 cm³/mol. The maximum Gasteiger partial charge on any atom is 0.573 e. The van der Waals surface area contributed by atoms with E-state index < -0.39 is 47.5 Å². The molecular formula is C20H12F9N5O. The molecule has 0 bridgehead atoms. The molecule has 0 amide bonds. The Morgan fingerprint density at radius 1 is 0.800 bits per heavy atom. The Bertz CT molecular complexity index is 1190. The predicted octanol–water partition coefficient (Wildman–Crippen LogP) is 6.60. The van der Waals surface area contributed by atoms with Crippen LogP contribution in [0.3, 0.4) is 0 Å². The number of ether oxygens (including phenoxy) is 1. The second-order valence-corrected chi connectivity index (χ2v) is 6.65. The molecule has 0 fully saturated rings. The maximum atomic E-state index is 13.2. The van der Waals surface area contributed by atoms with E-state index >= 15 is 0 Å². The molecular weight excluding hydrogens is 497 g/mol. The highest BCUT2D eigenvalue weighted by molar-refractivity contribution is 5.80. The van der Waals surface area contributed by atoms with Crippen molar-refractivity contribution in [3.05, 3.63) is 71.4 Å². The number of hydrazone groups is 1. The summed E-state index contributed by atoms with van der Waals surface area (Å²) in [5.41, 5.74) is -0.226. The van der Waals surface area contributed by atoms with Gasteiger partial charge in [-0.2, -0.15) is 36.4 Å². The van der Waals surface area contributed by atoms with Gasteiger partial charge in [-0.1, -0.05) is 6.07 Å². The lowest BCUT2D eigenvalue weighted by Crippen LogP contribution is -2.17. The Kier molecular flexibility index (Phi) is 7.07. The van der Waals surface area contributed by atoms with Gasteiger partial charge in [0.2, 0.25) is 5.95 Å². The van der Waals surface area contributed by atoms with Gasteiger partial charge in [-0.05, 0) is 48.0 Å². The molecule has 35 heavy (non-hydrogen) atoms. The molecule has 0 saturated heterocycles. The lowest BCUT2D eigenvalue weighted by atomic mass is 10.2. The molecule has 2 aromatic carbocycles. The fraction of sp³-hybridized carbons (Fsp3) is 0.150. The van der Waals surface area contributed by atoms with Crippen LogP contribution in [-0.2, 0) is 12.4 Å².